The van der Waals surface area contributed by atoms with E-state index < -0.39 is 21.1 Å². The second-order valence-electron chi connectivity index (χ2n) is 4.91. The standard InChI is InChI=1S/C13H12N4O6S/c1-23-17(20)8-5-7-11(16-13(19)12(18)15-7)6-3-2-4-9(10(6)8)24(14,21)22/h2-5,20H,1H3,(H,15,18)(H,16,19)(H2,14,21,22). The van der Waals surface area contributed by atoms with Crippen LogP contribution in [0.2, 0.25) is 0 Å². The molecule has 2 aromatic carbocycles. The topological polar surface area (TPSA) is 159 Å². The van der Waals surface area contributed by atoms with E-state index in [4.69, 9.17) is 9.98 Å². The van der Waals surface area contributed by atoms with E-state index in [0.29, 0.717) is 5.23 Å². The lowest BCUT2D eigenvalue weighted by Gasteiger charge is -2.18. The predicted molar refractivity (Wildman–Crippen MR) is 85.3 cm³/mol. The van der Waals surface area contributed by atoms with Crippen LogP contribution >= 0.6 is 0 Å². The summed E-state index contributed by atoms with van der Waals surface area (Å²) in [5.74, 6) is 0. The second-order valence-corrected chi connectivity index (χ2v) is 6.44. The number of aromatic nitrogens is 2. The molecule has 0 aliphatic carbocycles. The number of anilines is 1. The molecule has 0 radical (unpaired) electrons. The Labute approximate surface area is 134 Å². The van der Waals surface area contributed by atoms with Gasteiger partial charge in [-0.05, 0) is 12.1 Å². The van der Waals surface area contributed by atoms with Gasteiger partial charge in [-0.2, -0.15) is 0 Å². The van der Waals surface area contributed by atoms with Crippen LogP contribution in [0.15, 0.2) is 38.8 Å². The smallest absolute Gasteiger partial charge is 0.314 e. The minimum absolute atomic E-state index is 0.0274. The number of fused-ring (bicyclic) bond motifs is 3. The number of nitrogens with zero attached hydrogens (tertiary/aromatic N) is 1. The van der Waals surface area contributed by atoms with Crippen molar-refractivity contribution in [2.45, 2.75) is 4.90 Å². The monoisotopic (exact) mass is 352 g/mol. The maximum absolute atomic E-state index is 11.9. The Kier molecular flexibility index (Phi) is 3.64. The molecule has 11 heteroatoms. The Morgan fingerprint density at radius 3 is 2.50 bits per heavy atom. The average molecular weight is 352 g/mol. The zero-order valence-electron chi connectivity index (χ0n) is 12.2. The van der Waals surface area contributed by atoms with Gasteiger partial charge in [0, 0.05) is 10.8 Å². The Morgan fingerprint density at radius 2 is 1.88 bits per heavy atom. The first-order valence-electron chi connectivity index (χ1n) is 6.52. The van der Waals surface area contributed by atoms with Crippen molar-refractivity contribution in [3.63, 3.8) is 0 Å². The molecule has 0 fully saturated rings. The number of nitrogens with two attached hydrogens (primary N) is 1. The van der Waals surface area contributed by atoms with E-state index in [9.17, 15) is 23.2 Å². The molecule has 0 amide bonds. The third kappa shape index (κ3) is 2.45. The third-order valence-electron chi connectivity index (χ3n) is 3.48. The molecule has 0 saturated carbocycles. The normalized spacial score (nSPS) is 12.0. The van der Waals surface area contributed by atoms with Crippen LogP contribution in [0.25, 0.3) is 21.8 Å². The van der Waals surface area contributed by atoms with Crippen LogP contribution in [0.1, 0.15) is 0 Å². The zero-order valence-corrected chi connectivity index (χ0v) is 13.0. The van der Waals surface area contributed by atoms with E-state index in [-0.39, 0.29) is 32.4 Å². The number of nitrogens with one attached hydrogen (secondary N) is 2. The van der Waals surface area contributed by atoms with Gasteiger partial charge in [-0.1, -0.05) is 12.1 Å². The van der Waals surface area contributed by atoms with E-state index in [1.807, 2.05) is 0 Å². The van der Waals surface area contributed by atoms with Crippen LogP contribution in [0.5, 0.6) is 0 Å². The fourth-order valence-electron chi connectivity index (χ4n) is 2.50. The summed E-state index contributed by atoms with van der Waals surface area (Å²) in [5, 5.41) is 15.8. The van der Waals surface area contributed by atoms with Gasteiger partial charge in [0.25, 0.3) is 0 Å². The average Bonchev–Trinajstić information content (AvgIpc) is 2.53. The minimum atomic E-state index is -4.14. The van der Waals surface area contributed by atoms with Crippen molar-refractivity contribution in [2.24, 2.45) is 5.14 Å². The minimum Gasteiger partial charge on any atom is -0.316 e. The van der Waals surface area contributed by atoms with Crippen LogP contribution in [0.4, 0.5) is 5.69 Å². The highest BCUT2D eigenvalue weighted by Crippen LogP contribution is 2.35. The van der Waals surface area contributed by atoms with E-state index in [0.717, 1.165) is 7.11 Å². The van der Waals surface area contributed by atoms with Gasteiger partial charge >= 0.3 is 11.1 Å². The predicted octanol–water partition coefficient (Wildman–Crippen LogP) is -0.226. The van der Waals surface area contributed by atoms with Crippen molar-refractivity contribution in [1.82, 2.24) is 9.97 Å². The largest absolute Gasteiger partial charge is 0.316 e. The third-order valence-corrected chi connectivity index (χ3v) is 4.43. The first kappa shape index (κ1) is 16.1. The molecule has 10 nitrogen and oxygen atoms in total. The Bertz CT molecular complexity index is 1180. The molecular weight excluding hydrogens is 340 g/mol. The van der Waals surface area contributed by atoms with Crippen LogP contribution in [0, 0.1) is 0 Å². The molecule has 1 heterocycles. The van der Waals surface area contributed by atoms with Gasteiger partial charge in [0.1, 0.15) is 5.69 Å². The molecule has 0 unspecified atom stereocenters. The maximum atomic E-state index is 11.9. The number of hydrogen-bond donors (Lipinski definition) is 4. The summed E-state index contributed by atoms with van der Waals surface area (Å²) in [4.78, 5) is 32.3. The Morgan fingerprint density at radius 1 is 1.21 bits per heavy atom. The molecule has 5 N–H and O–H groups in total. The van der Waals surface area contributed by atoms with Gasteiger partial charge in [-0.3, -0.25) is 19.6 Å². The molecule has 0 spiro atoms. The summed E-state index contributed by atoms with van der Waals surface area (Å²) < 4.78 is 23.7. The molecule has 1 aromatic heterocycles. The summed E-state index contributed by atoms with van der Waals surface area (Å²) in [6.45, 7) is 0. The van der Waals surface area contributed by atoms with E-state index in [1.165, 1.54) is 24.3 Å². The lowest BCUT2D eigenvalue weighted by Crippen LogP contribution is -2.29. The number of rotatable bonds is 3. The Hall–Kier alpha value is -2.73. The second kappa shape index (κ2) is 5.42. The number of sulfonamides is 1. The molecule has 0 aliphatic heterocycles. The fourth-order valence-corrected chi connectivity index (χ4v) is 3.27. The number of primary sulfonamides is 1. The first-order valence-corrected chi connectivity index (χ1v) is 8.06. The summed E-state index contributed by atoms with van der Waals surface area (Å²) in [6, 6.07) is 5.43. The van der Waals surface area contributed by atoms with Crippen molar-refractivity contribution in [3.05, 3.63) is 45.0 Å². The van der Waals surface area contributed by atoms with E-state index in [2.05, 4.69) is 9.97 Å². The highest BCUT2D eigenvalue weighted by Gasteiger charge is 2.21. The number of H-pyrrole nitrogens is 2. The fraction of sp³-hybridized carbons (Fsp3) is 0.0769. The Balaban J connectivity index is 2.66. The van der Waals surface area contributed by atoms with Gasteiger partial charge in [0.15, 0.2) is 0 Å². The highest BCUT2D eigenvalue weighted by molar-refractivity contribution is 7.89. The number of benzene rings is 2. The van der Waals surface area contributed by atoms with Gasteiger partial charge < -0.3 is 9.97 Å². The molecule has 126 valence electrons. The van der Waals surface area contributed by atoms with Gasteiger partial charge in [0.2, 0.25) is 10.0 Å². The summed E-state index contributed by atoms with van der Waals surface area (Å²) in [6.07, 6.45) is 0. The lowest BCUT2D eigenvalue weighted by atomic mass is 10.1. The highest BCUT2D eigenvalue weighted by atomic mass is 32.2. The maximum Gasteiger partial charge on any atom is 0.314 e. The molecule has 0 bridgehead atoms. The van der Waals surface area contributed by atoms with Gasteiger partial charge in [-0.15, -0.1) is 5.23 Å². The number of hydrogen-bond acceptors (Lipinski definition) is 7. The molecule has 0 saturated heterocycles. The van der Waals surface area contributed by atoms with Gasteiger partial charge in [-0.25, -0.2) is 13.6 Å². The quantitative estimate of drug-likeness (QED) is 0.288. The molecule has 3 aromatic rings. The van der Waals surface area contributed by atoms with E-state index in [1.54, 1.807) is 0 Å². The van der Waals surface area contributed by atoms with Crippen molar-refractivity contribution in [2.75, 3.05) is 12.3 Å². The van der Waals surface area contributed by atoms with Crippen molar-refractivity contribution in [1.29, 1.82) is 0 Å². The summed E-state index contributed by atoms with van der Waals surface area (Å²) >= 11 is 0. The van der Waals surface area contributed by atoms with Gasteiger partial charge in [0.05, 0.1) is 23.0 Å². The van der Waals surface area contributed by atoms with Crippen LogP contribution in [0.3, 0.4) is 0 Å². The van der Waals surface area contributed by atoms with Crippen molar-refractivity contribution < 1.29 is 18.5 Å². The molecule has 24 heavy (non-hydrogen) atoms. The molecule has 0 aliphatic rings. The molecular formula is C13H12N4O6S. The molecule has 0 atom stereocenters. The summed E-state index contributed by atoms with van der Waals surface area (Å²) in [5.41, 5.74) is -1.51. The van der Waals surface area contributed by atoms with Crippen LogP contribution < -0.4 is 21.5 Å². The number of aromatic amines is 2. The first-order chi connectivity index (χ1) is 11.2. The zero-order chi connectivity index (χ0) is 17.6. The van der Waals surface area contributed by atoms with Crippen molar-refractivity contribution in [3.8, 4) is 0 Å². The van der Waals surface area contributed by atoms with Crippen molar-refractivity contribution >= 4 is 37.5 Å². The summed E-state index contributed by atoms with van der Waals surface area (Å²) in [7, 11) is -2.98. The van der Waals surface area contributed by atoms with Crippen LogP contribution in [-0.4, -0.2) is 30.7 Å². The SMILES string of the molecule is CON(O)c1cc2[nH]c(=O)c(=O)[nH]c2c2cccc(S(N)(=O)=O)c12. The molecule has 3 rings (SSSR count). The lowest BCUT2D eigenvalue weighted by molar-refractivity contribution is -0.0102. The van der Waals surface area contributed by atoms with Crippen LogP contribution in [-0.2, 0) is 14.9 Å². The van der Waals surface area contributed by atoms with E-state index >= 15 is 0 Å².